The second kappa shape index (κ2) is 10.6. The monoisotopic (exact) mass is 504 g/mol. The quantitative estimate of drug-likeness (QED) is 0.349. The highest BCUT2D eigenvalue weighted by atomic mass is 35.5. The summed E-state index contributed by atoms with van der Waals surface area (Å²) >= 11 is 5.79. The Labute approximate surface area is 207 Å². The van der Waals surface area contributed by atoms with E-state index in [2.05, 4.69) is 27.1 Å². The number of halogens is 3. The third kappa shape index (κ3) is 5.11. The van der Waals surface area contributed by atoms with Crippen LogP contribution < -0.4 is 15.0 Å². The van der Waals surface area contributed by atoms with Gasteiger partial charge in [0, 0.05) is 43.8 Å². The van der Waals surface area contributed by atoms with Gasteiger partial charge in [-0.1, -0.05) is 11.6 Å². The zero-order valence-electron chi connectivity index (χ0n) is 19.8. The van der Waals surface area contributed by atoms with Crippen molar-refractivity contribution >= 4 is 45.5 Å². The summed E-state index contributed by atoms with van der Waals surface area (Å²) in [6.45, 7) is 7.57. The molecule has 0 bridgehead atoms. The van der Waals surface area contributed by atoms with Crippen molar-refractivity contribution in [3.05, 3.63) is 52.7 Å². The summed E-state index contributed by atoms with van der Waals surface area (Å²) < 4.78 is 39.7. The van der Waals surface area contributed by atoms with Crippen LogP contribution in [0.5, 0.6) is 5.75 Å². The van der Waals surface area contributed by atoms with Gasteiger partial charge in [0.1, 0.15) is 22.2 Å². The van der Waals surface area contributed by atoms with Crippen LogP contribution in [-0.2, 0) is 4.74 Å². The van der Waals surface area contributed by atoms with Crippen LogP contribution in [0, 0.1) is 11.6 Å². The van der Waals surface area contributed by atoms with Crippen molar-refractivity contribution in [3.63, 3.8) is 0 Å². The first kappa shape index (κ1) is 24.9. The van der Waals surface area contributed by atoms with Gasteiger partial charge >= 0.3 is 5.97 Å². The summed E-state index contributed by atoms with van der Waals surface area (Å²) in [6, 6.07) is 5.98. The number of hydrogen-bond donors (Lipinski definition) is 1. The zero-order chi connectivity index (χ0) is 25.1. The fraction of sp³-hybridized carbons (Fsp3) is 0.360. The van der Waals surface area contributed by atoms with Crippen molar-refractivity contribution in [2.45, 2.75) is 13.8 Å². The minimum absolute atomic E-state index is 0.0792. The predicted octanol–water partition coefficient (Wildman–Crippen LogP) is 5.24. The number of likely N-dealkylation sites (N-methyl/N-ethyl adjacent to an activating group) is 1. The standard InChI is InChI=1S/C25H27ClF2N4O3/c1-4-34-21-13-19-15(12-20(21)32-10-8-31(3)9-11-32)24(16(14-29-19)25(33)35-5-2)30-18-7-6-17(27)22(26)23(18)28/h6-7,12-14H,4-5,8-11H2,1-3H3,(H,29,30). The van der Waals surface area contributed by atoms with Crippen molar-refractivity contribution < 1.29 is 23.0 Å². The summed E-state index contributed by atoms with van der Waals surface area (Å²) in [5.41, 5.74) is 1.71. The van der Waals surface area contributed by atoms with Crippen LogP contribution in [0.15, 0.2) is 30.5 Å². The Morgan fingerprint density at radius 1 is 1.14 bits per heavy atom. The lowest BCUT2D eigenvalue weighted by molar-refractivity contribution is 0.0527. The molecular formula is C25H27ClF2N4O3. The largest absolute Gasteiger partial charge is 0.492 e. The number of ether oxygens (including phenoxy) is 2. The van der Waals surface area contributed by atoms with Gasteiger partial charge in [0.25, 0.3) is 0 Å². The Morgan fingerprint density at radius 3 is 2.57 bits per heavy atom. The molecule has 0 unspecified atom stereocenters. The average molecular weight is 505 g/mol. The average Bonchev–Trinajstić information content (AvgIpc) is 2.85. The van der Waals surface area contributed by atoms with E-state index in [9.17, 15) is 13.6 Å². The van der Waals surface area contributed by atoms with Crippen LogP contribution in [0.1, 0.15) is 24.2 Å². The number of rotatable bonds is 7. The van der Waals surface area contributed by atoms with Crippen LogP contribution in [0.4, 0.5) is 25.8 Å². The lowest BCUT2D eigenvalue weighted by Gasteiger charge is -2.35. The van der Waals surface area contributed by atoms with Crippen molar-refractivity contribution in [3.8, 4) is 5.75 Å². The summed E-state index contributed by atoms with van der Waals surface area (Å²) in [6.07, 6.45) is 1.37. The number of aromatic nitrogens is 1. The molecule has 1 aliphatic rings. The molecule has 0 amide bonds. The molecule has 1 fully saturated rings. The molecule has 2 heterocycles. The van der Waals surface area contributed by atoms with Crippen molar-refractivity contribution in [2.75, 3.05) is 56.7 Å². The lowest BCUT2D eigenvalue weighted by Crippen LogP contribution is -2.44. The summed E-state index contributed by atoms with van der Waals surface area (Å²) in [7, 11) is 2.07. The Morgan fingerprint density at radius 2 is 1.89 bits per heavy atom. The number of carbonyl (C=O) groups is 1. The smallest absolute Gasteiger partial charge is 0.341 e. The van der Waals surface area contributed by atoms with Gasteiger partial charge in [0.05, 0.1) is 35.8 Å². The number of nitrogens with zero attached hydrogens (tertiary/aromatic N) is 3. The van der Waals surface area contributed by atoms with Gasteiger partial charge in [0.15, 0.2) is 5.82 Å². The number of piperazine rings is 1. The van der Waals surface area contributed by atoms with E-state index < -0.39 is 22.6 Å². The minimum Gasteiger partial charge on any atom is -0.492 e. The molecule has 0 atom stereocenters. The third-order valence-electron chi connectivity index (χ3n) is 5.88. The number of hydrogen-bond acceptors (Lipinski definition) is 7. The predicted molar refractivity (Wildman–Crippen MR) is 133 cm³/mol. The Balaban J connectivity index is 1.91. The van der Waals surface area contributed by atoms with Crippen molar-refractivity contribution in [2.24, 2.45) is 0 Å². The Kier molecular flexibility index (Phi) is 7.57. The van der Waals surface area contributed by atoms with Gasteiger partial charge in [-0.15, -0.1) is 0 Å². The molecule has 1 saturated heterocycles. The van der Waals surface area contributed by atoms with Gasteiger partial charge in [-0.05, 0) is 39.1 Å². The van der Waals surface area contributed by atoms with Crippen LogP contribution in [-0.4, -0.2) is 62.3 Å². The summed E-state index contributed by atoms with van der Waals surface area (Å²) in [4.78, 5) is 21.7. The van der Waals surface area contributed by atoms with E-state index in [1.807, 2.05) is 13.0 Å². The van der Waals surface area contributed by atoms with Gasteiger partial charge in [-0.3, -0.25) is 4.98 Å². The fourth-order valence-corrected chi connectivity index (χ4v) is 4.19. The second-order valence-corrected chi connectivity index (χ2v) is 8.55. The number of esters is 1. The molecular weight excluding hydrogens is 478 g/mol. The number of nitrogens with one attached hydrogen (secondary N) is 1. The van der Waals surface area contributed by atoms with E-state index >= 15 is 0 Å². The molecule has 35 heavy (non-hydrogen) atoms. The molecule has 4 rings (SSSR count). The molecule has 1 N–H and O–H groups in total. The van der Waals surface area contributed by atoms with E-state index in [1.54, 1.807) is 13.0 Å². The molecule has 0 spiro atoms. The first-order chi connectivity index (χ1) is 16.8. The van der Waals surface area contributed by atoms with Crippen LogP contribution in [0.2, 0.25) is 5.02 Å². The number of anilines is 3. The molecule has 7 nitrogen and oxygen atoms in total. The normalized spacial score (nSPS) is 14.3. The molecule has 10 heteroatoms. The number of carbonyl (C=O) groups excluding carboxylic acids is 1. The van der Waals surface area contributed by atoms with E-state index in [1.165, 1.54) is 12.3 Å². The van der Waals surface area contributed by atoms with Crippen LogP contribution >= 0.6 is 11.6 Å². The van der Waals surface area contributed by atoms with Gasteiger partial charge in [-0.25, -0.2) is 13.6 Å². The minimum atomic E-state index is -0.961. The SMILES string of the molecule is CCOC(=O)c1cnc2cc(OCC)c(N3CCN(C)CC3)cc2c1Nc1ccc(F)c(Cl)c1F. The summed E-state index contributed by atoms with van der Waals surface area (Å²) in [5.74, 6) is -1.79. The first-order valence-corrected chi connectivity index (χ1v) is 11.8. The number of pyridine rings is 1. The highest BCUT2D eigenvalue weighted by Gasteiger charge is 2.24. The molecule has 1 aromatic heterocycles. The highest BCUT2D eigenvalue weighted by molar-refractivity contribution is 6.31. The molecule has 0 aliphatic carbocycles. The Hall–Kier alpha value is -3.17. The molecule has 3 aromatic rings. The number of fused-ring (bicyclic) bond motifs is 1. The molecule has 0 radical (unpaired) electrons. The van der Waals surface area contributed by atoms with Crippen molar-refractivity contribution in [1.82, 2.24) is 9.88 Å². The number of benzene rings is 2. The molecule has 1 aliphatic heterocycles. The maximum Gasteiger partial charge on any atom is 0.341 e. The zero-order valence-corrected chi connectivity index (χ0v) is 20.6. The second-order valence-electron chi connectivity index (χ2n) is 8.18. The van der Waals surface area contributed by atoms with E-state index in [-0.39, 0.29) is 23.5 Å². The third-order valence-corrected chi connectivity index (χ3v) is 6.23. The van der Waals surface area contributed by atoms with E-state index in [0.29, 0.717) is 23.3 Å². The molecule has 186 valence electrons. The highest BCUT2D eigenvalue weighted by Crippen LogP contribution is 2.39. The fourth-order valence-electron chi connectivity index (χ4n) is 4.03. The van der Waals surface area contributed by atoms with Gasteiger partial charge < -0.3 is 24.6 Å². The maximum atomic E-state index is 14.8. The first-order valence-electron chi connectivity index (χ1n) is 11.4. The topological polar surface area (TPSA) is 66.9 Å². The van der Waals surface area contributed by atoms with Crippen LogP contribution in [0.25, 0.3) is 10.9 Å². The van der Waals surface area contributed by atoms with E-state index in [0.717, 1.165) is 37.9 Å². The Bertz CT molecular complexity index is 1250. The maximum absolute atomic E-state index is 14.8. The van der Waals surface area contributed by atoms with Gasteiger partial charge in [-0.2, -0.15) is 0 Å². The molecule has 2 aromatic carbocycles. The van der Waals surface area contributed by atoms with Crippen molar-refractivity contribution in [1.29, 1.82) is 0 Å². The molecule has 0 saturated carbocycles. The summed E-state index contributed by atoms with van der Waals surface area (Å²) in [5, 5.41) is 2.87. The van der Waals surface area contributed by atoms with Gasteiger partial charge in [0.2, 0.25) is 0 Å². The van der Waals surface area contributed by atoms with Crippen LogP contribution in [0.3, 0.4) is 0 Å². The van der Waals surface area contributed by atoms with E-state index in [4.69, 9.17) is 21.1 Å². The lowest BCUT2D eigenvalue weighted by atomic mass is 10.1.